The van der Waals surface area contributed by atoms with E-state index in [-0.39, 0.29) is 17.1 Å². The molecule has 0 bridgehead atoms. The van der Waals surface area contributed by atoms with Crippen molar-refractivity contribution in [1.82, 2.24) is 0 Å². The molecule has 1 aromatic carbocycles. The normalized spacial score (nSPS) is 40.3. The summed E-state index contributed by atoms with van der Waals surface area (Å²) in [5, 5.41) is 12.2. The van der Waals surface area contributed by atoms with Crippen LogP contribution >= 0.6 is 0 Å². The Hall–Kier alpha value is -1.73. The third-order valence-corrected chi connectivity index (χ3v) is 11.1. The van der Waals surface area contributed by atoms with Crippen LogP contribution in [-0.2, 0) is 19.0 Å². The van der Waals surface area contributed by atoms with E-state index in [0.29, 0.717) is 31.5 Å². The van der Waals surface area contributed by atoms with Crippen LogP contribution in [0.15, 0.2) is 35.4 Å². The SMILES string of the molecule is CO[C@]1(C(C)=O)CC[C@H]2[C@@H]3CC[C@@]4(O)CC5(CCC4=C3[C@@H](c3ccc(N(C)C)cc3)C[C@@]21C)OCCO5. The van der Waals surface area contributed by atoms with Gasteiger partial charge in [0.05, 0.1) is 18.8 Å². The number of fused-ring (bicyclic) bond motifs is 4. The summed E-state index contributed by atoms with van der Waals surface area (Å²) in [4.78, 5) is 15.3. The second-order valence-corrected chi connectivity index (χ2v) is 12.8. The number of hydrogen-bond donors (Lipinski definition) is 1. The van der Waals surface area contributed by atoms with E-state index >= 15 is 0 Å². The van der Waals surface area contributed by atoms with Crippen molar-refractivity contribution in [2.45, 2.75) is 88.1 Å². The van der Waals surface area contributed by atoms with E-state index < -0.39 is 17.0 Å². The summed E-state index contributed by atoms with van der Waals surface area (Å²) >= 11 is 0. The van der Waals surface area contributed by atoms with Crippen LogP contribution in [-0.4, -0.2) is 62.3 Å². The fraction of sp³-hybridized carbons (Fsp3) is 0.710. The molecule has 0 aromatic heterocycles. The van der Waals surface area contributed by atoms with Crippen LogP contribution in [0.1, 0.15) is 76.7 Å². The minimum absolute atomic E-state index is 0.149. The van der Waals surface area contributed by atoms with Gasteiger partial charge in [-0.3, -0.25) is 4.79 Å². The number of anilines is 1. The highest BCUT2D eigenvalue weighted by Gasteiger charge is 2.67. The number of Topliss-reactive ketones (excluding diaryl/α,β-unsaturated/α-hetero) is 1. The van der Waals surface area contributed by atoms with Crippen molar-refractivity contribution in [3.05, 3.63) is 41.0 Å². The first-order valence-corrected chi connectivity index (χ1v) is 14.2. The minimum atomic E-state index is -0.887. The number of nitrogens with zero attached hydrogens (tertiary/aromatic N) is 1. The Morgan fingerprint density at radius 2 is 1.78 bits per heavy atom. The smallest absolute Gasteiger partial charge is 0.171 e. The average molecular weight is 510 g/mol. The highest BCUT2D eigenvalue weighted by Crippen LogP contribution is 2.68. The minimum Gasteiger partial charge on any atom is -0.385 e. The number of benzene rings is 1. The van der Waals surface area contributed by atoms with E-state index in [1.165, 1.54) is 22.4 Å². The molecule has 4 aliphatic carbocycles. The molecule has 6 rings (SSSR count). The number of rotatable bonds is 4. The number of aliphatic hydroxyl groups is 1. The summed E-state index contributed by atoms with van der Waals surface area (Å²) in [6.07, 6.45) is 6.40. The molecule has 1 aromatic rings. The molecule has 6 heteroatoms. The van der Waals surface area contributed by atoms with Gasteiger partial charge in [-0.1, -0.05) is 24.6 Å². The molecule has 202 valence electrons. The van der Waals surface area contributed by atoms with Gasteiger partial charge in [-0.15, -0.1) is 0 Å². The molecule has 0 radical (unpaired) electrons. The number of ketones is 1. The van der Waals surface area contributed by atoms with Crippen molar-refractivity contribution in [1.29, 1.82) is 0 Å². The summed E-state index contributed by atoms with van der Waals surface area (Å²) in [6.45, 7) is 5.24. The lowest BCUT2D eigenvalue weighted by atomic mass is 9.49. The molecule has 0 unspecified atom stereocenters. The maximum Gasteiger partial charge on any atom is 0.171 e. The van der Waals surface area contributed by atoms with Crippen LogP contribution < -0.4 is 4.90 Å². The third kappa shape index (κ3) is 3.55. The van der Waals surface area contributed by atoms with E-state index in [2.05, 4.69) is 50.2 Å². The molecule has 1 N–H and O–H groups in total. The Labute approximate surface area is 221 Å². The van der Waals surface area contributed by atoms with Gasteiger partial charge in [0.25, 0.3) is 0 Å². The van der Waals surface area contributed by atoms with Gasteiger partial charge in [-0.05, 0) is 80.6 Å². The quantitative estimate of drug-likeness (QED) is 0.577. The topological polar surface area (TPSA) is 68.2 Å². The average Bonchev–Trinajstić information content (AvgIpc) is 3.44. The van der Waals surface area contributed by atoms with E-state index in [0.717, 1.165) is 44.9 Å². The molecule has 1 heterocycles. The van der Waals surface area contributed by atoms with E-state index in [1.807, 2.05) is 0 Å². The van der Waals surface area contributed by atoms with Gasteiger partial charge in [0.15, 0.2) is 11.6 Å². The fourth-order valence-corrected chi connectivity index (χ4v) is 9.36. The van der Waals surface area contributed by atoms with Gasteiger partial charge in [0.1, 0.15) is 5.60 Å². The molecular formula is C31H43NO5. The van der Waals surface area contributed by atoms with Gasteiger partial charge in [0, 0.05) is 51.1 Å². The molecule has 1 aliphatic heterocycles. The fourth-order valence-electron chi connectivity index (χ4n) is 9.36. The van der Waals surface area contributed by atoms with Crippen LogP contribution in [0, 0.1) is 17.3 Å². The van der Waals surface area contributed by atoms with Gasteiger partial charge < -0.3 is 24.2 Å². The zero-order valence-electron chi connectivity index (χ0n) is 23.1. The number of ether oxygens (including phenoxy) is 3. The van der Waals surface area contributed by atoms with Crippen LogP contribution in [0.25, 0.3) is 0 Å². The van der Waals surface area contributed by atoms with Crippen molar-refractivity contribution in [2.24, 2.45) is 17.3 Å². The maximum atomic E-state index is 13.2. The van der Waals surface area contributed by atoms with Crippen LogP contribution in [0.3, 0.4) is 0 Å². The molecule has 5 aliphatic rings. The molecule has 4 fully saturated rings. The van der Waals surface area contributed by atoms with Crippen LogP contribution in [0.2, 0.25) is 0 Å². The van der Waals surface area contributed by atoms with Crippen LogP contribution in [0.4, 0.5) is 5.69 Å². The summed E-state index contributed by atoms with van der Waals surface area (Å²) in [5.74, 6) is 0.389. The van der Waals surface area contributed by atoms with Crippen molar-refractivity contribution >= 4 is 11.5 Å². The lowest BCUT2D eigenvalue weighted by Crippen LogP contribution is -2.58. The molecule has 3 saturated carbocycles. The van der Waals surface area contributed by atoms with Gasteiger partial charge >= 0.3 is 0 Å². The molecule has 37 heavy (non-hydrogen) atoms. The first kappa shape index (κ1) is 25.5. The highest BCUT2D eigenvalue weighted by molar-refractivity contribution is 5.86. The summed E-state index contributed by atoms with van der Waals surface area (Å²) < 4.78 is 18.3. The van der Waals surface area contributed by atoms with Crippen molar-refractivity contribution in [3.8, 4) is 0 Å². The zero-order valence-corrected chi connectivity index (χ0v) is 23.1. The highest BCUT2D eigenvalue weighted by atomic mass is 16.7. The number of carbonyl (C=O) groups excluding carboxylic acids is 1. The monoisotopic (exact) mass is 509 g/mol. The predicted molar refractivity (Wildman–Crippen MR) is 143 cm³/mol. The van der Waals surface area contributed by atoms with E-state index in [9.17, 15) is 9.90 Å². The molecule has 1 saturated heterocycles. The molecular weight excluding hydrogens is 466 g/mol. The lowest BCUT2D eigenvalue weighted by Gasteiger charge is -2.57. The number of allylic oxidation sites excluding steroid dienone is 1. The van der Waals surface area contributed by atoms with Gasteiger partial charge in [-0.25, -0.2) is 0 Å². The molecule has 6 nitrogen and oxygen atoms in total. The summed E-state index contributed by atoms with van der Waals surface area (Å²) in [6, 6.07) is 8.90. The van der Waals surface area contributed by atoms with Crippen molar-refractivity contribution < 1.29 is 24.1 Å². The Balaban J connectivity index is 1.49. The largest absolute Gasteiger partial charge is 0.385 e. The van der Waals surface area contributed by atoms with Gasteiger partial charge in [-0.2, -0.15) is 0 Å². The zero-order chi connectivity index (χ0) is 26.2. The van der Waals surface area contributed by atoms with E-state index in [1.54, 1.807) is 14.0 Å². The Morgan fingerprint density at radius 3 is 2.41 bits per heavy atom. The second kappa shape index (κ2) is 8.64. The second-order valence-electron chi connectivity index (χ2n) is 12.8. The maximum absolute atomic E-state index is 13.2. The first-order valence-electron chi connectivity index (χ1n) is 14.2. The van der Waals surface area contributed by atoms with Crippen LogP contribution in [0.5, 0.6) is 0 Å². The van der Waals surface area contributed by atoms with E-state index in [4.69, 9.17) is 14.2 Å². The van der Waals surface area contributed by atoms with Crippen molar-refractivity contribution in [2.75, 3.05) is 39.3 Å². The Bertz CT molecular complexity index is 1110. The Morgan fingerprint density at radius 1 is 1.08 bits per heavy atom. The number of hydrogen-bond acceptors (Lipinski definition) is 6. The number of methoxy groups -OCH3 is 1. The molecule has 0 amide bonds. The summed E-state index contributed by atoms with van der Waals surface area (Å²) in [7, 11) is 5.85. The van der Waals surface area contributed by atoms with Gasteiger partial charge in [0.2, 0.25) is 0 Å². The third-order valence-electron chi connectivity index (χ3n) is 11.1. The lowest BCUT2D eigenvalue weighted by molar-refractivity contribution is -0.208. The number of carbonyl (C=O) groups is 1. The molecule has 1 spiro atoms. The predicted octanol–water partition coefficient (Wildman–Crippen LogP) is 5.00. The van der Waals surface area contributed by atoms with Crippen molar-refractivity contribution in [3.63, 3.8) is 0 Å². The first-order chi connectivity index (χ1) is 17.6. The standard InChI is InChI=1S/C31H43NO5/c1-20(33)31(35-5)15-12-25-23-10-13-29(34)19-30(36-16-17-37-30)14-11-26(29)27(23)24(18-28(25,31)2)21-6-8-22(9-7-21)32(3)4/h6-9,23-25,34H,10-19H2,1-5H3/t23-,24+,25-,28-,29+,31-/m0/s1. The summed E-state index contributed by atoms with van der Waals surface area (Å²) in [5.41, 5.74) is 3.23. The Kier molecular flexibility index (Phi) is 5.96. The molecule has 6 atom stereocenters.